The minimum absolute atomic E-state index is 0.0917. The highest BCUT2D eigenvalue weighted by atomic mass is 35.5. The van der Waals surface area contributed by atoms with Crippen LogP contribution in [0.15, 0.2) is 42.9 Å². The highest BCUT2D eigenvalue weighted by molar-refractivity contribution is 6.42. The maximum absolute atomic E-state index is 12.3. The number of likely N-dealkylation sites (tertiary alicyclic amines) is 1. The van der Waals surface area contributed by atoms with Crippen LogP contribution in [0.1, 0.15) is 23.3 Å². The standard InChI is InChI=1S/C21H23Cl2N5O3/c22-17-3-2-16(10-18(17)23)31-15-4-8-27(9-5-15)12-14(29)11-25-20(30)19-13-28-7-1-6-24-21(28)26-19/h1-3,6-7,10,13-15,29H,4-5,8-9,11-12H2,(H,25,30). The fourth-order valence-corrected chi connectivity index (χ4v) is 3.84. The van der Waals surface area contributed by atoms with Gasteiger partial charge in [-0.1, -0.05) is 23.2 Å². The number of carbonyl (C=O) groups is 1. The predicted octanol–water partition coefficient (Wildman–Crippen LogP) is 2.67. The van der Waals surface area contributed by atoms with Gasteiger partial charge in [0.1, 0.15) is 17.5 Å². The van der Waals surface area contributed by atoms with Crippen LogP contribution < -0.4 is 10.1 Å². The van der Waals surface area contributed by atoms with Crippen molar-refractivity contribution in [1.29, 1.82) is 0 Å². The van der Waals surface area contributed by atoms with Crippen molar-refractivity contribution >= 4 is 34.9 Å². The Kier molecular flexibility index (Phi) is 6.92. The Hall–Kier alpha value is -2.39. The first-order chi connectivity index (χ1) is 15.0. The monoisotopic (exact) mass is 463 g/mol. The zero-order valence-corrected chi connectivity index (χ0v) is 18.3. The van der Waals surface area contributed by atoms with Crippen molar-refractivity contribution in [2.45, 2.75) is 25.0 Å². The number of β-amino-alcohol motifs (C(OH)–C–C–N with tert-alkyl or cyclic N) is 1. The van der Waals surface area contributed by atoms with Gasteiger partial charge in [-0.2, -0.15) is 0 Å². The molecule has 0 spiro atoms. The molecule has 1 aliphatic heterocycles. The Morgan fingerprint density at radius 1 is 1.29 bits per heavy atom. The topological polar surface area (TPSA) is 92.0 Å². The summed E-state index contributed by atoms with van der Waals surface area (Å²) in [6.45, 7) is 2.23. The number of nitrogens with zero attached hydrogens (tertiary/aromatic N) is 4. The van der Waals surface area contributed by atoms with Crippen LogP contribution in [0.2, 0.25) is 10.0 Å². The van der Waals surface area contributed by atoms with Gasteiger partial charge in [-0.3, -0.25) is 9.20 Å². The number of piperidine rings is 1. The molecule has 31 heavy (non-hydrogen) atoms. The molecule has 1 saturated heterocycles. The zero-order valence-electron chi connectivity index (χ0n) is 16.7. The number of carbonyl (C=O) groups excluding carboxylic acids is 1. The van der Waals surface area contributed by atoms with E-state index in [1.165, 1.54) is 0 Å². The lowest BCUT2D eigenvalue weighted by Gasteiger charge is -2.33. The average Bonchev–Trinajstić information content (AvgIpc) is 3.20. The third-order valence-corrected chi connectivity index (χ3v) is 5.90. The smallest absolute Gasteiger partial charge is 0.271 e. The van der Waals surface area contributed by atoms with Gasteiger partial charge < -0.3 is 20.1 Å². The van der Waals surface area contributed by atoms with E-state index in [2.05, 4.69) is 20.2 Å². The van der Waals surface area contributed by atoms with Gasteiger partial charge in [0.2, 0.25) is 5.78 Å². The third-order valence-electron chi connectivity index (χ3n) is 5.16. The highest BCUT2D eigenvalue weighted by Crippen LogP contribution is 2.28. The number of fused-ring (bicyclic) bond motifs is 1. The molecule has 0 aliphatic carbocycles. The molecule has 0 bridgehead atoms. The lowest BCUT2D eigenvalue weighted by atomic mass is 10.1. The summed E-state index contributed by atoms with van der Waals surface area (Å²) in [4.78, 5) is 22.7. The molecule has 0 saturated carbocycles. The summed E-state index contributed by atoms with van der Waals surface area (Å²) in [7, 11) is 0. The van der Waals surface area contributed by atoms with Gasteiger partial charge >= 0.3 is 0 Å². The molecular weight excluding hydrogens is 441 g/mol. The normalized spacial score (nSPS) is 16.4. The fourth-order valence-electron chi connectivity index (χ4n) is 3.56. The summed E-state index contributed by atoms with van der Waals surface area (Å²) < 4.78 is 7.67. The number of aromatic nitrogens is 3. The third kappa shape index (κ3) is 5.65. The quantitative estimate of drug-likeness (QED) is 0.559. The molecule has 0 radical (unpaired) electrons. The van der Waals surface area contributed by atoms with E-state index in [4.69, 9.17) is 27.9 Å². The van der Waals surface area contributed by atoms with E-state index in [-0.39, 0.29) is 24.2 Å². The molecule has 3 heterocycles. The number of aliphatic hydroxyl groups is 1. The van der Waals surface area contributed by atoms with Gasteiger partial charge in [0, 0.05) is 50.8 Å². The number of benzene rings is 1. The summed E-state index contributed by atoms with van der Waals surface area (Å²) in [6.07, 6.45) is 6.10. The van der Waals surface area contributed by atoms with Gasteiger partial charge in [-0.05, 0) is 31.0 Å². The van der Waals surface area contributed by atoms with E-state index in [9.17, 15) is 9.90 Å². The van der Waals surface area contributed by atoms with Crippen LogP contribution in [0, 0.1) is 0 Å². The number of ether oxygens (including phenoxy) is 1. The van der Waals surface area contributed by atoms with Gasteiger partial charge in [0.15, 0.2) is 0 Å². The summed E-state index contributed by atoms with van der Waals surface area (Å²) in [5.74, 6) is 0.829. The van der Waals surface area contributed by atoms with E-state index in [1.54, 1.807) is 41.2 Å². The first-order valence-electron chi connectivity index (χ1n) is 10.1. The van der Waals surface area contributed by atoms with E-state index in [0.717, 1.165) is 25.9 Å². The molecule has 1 amide bonds. The first-order valence-corrected chi connectivity index (χ1v) is 10.8. The van der Waals surface area contributed by atoms with Crippen molar-refractivity contribution in [3.63, 3.8) is 0 Å². The van der Waals surface area contributed by atoms with Crippen LogP contribution in [0.4, 0.5) is 0 Å². The number of halogens is 2. The number of imidazole rings is 1. The maximum Gasteiger partial charge on any atom is 0.271 e. The second-order valence-electron chi connectivity index (χ2n) is 7.51. The summed E-state index contributed by atoms with van der Waals surface area (Å²) in [5.41, 5.74) is 0.270. The molecule has 3 aromatic rings. The molecule has 1 fully saturated rings. The largest absolute Gasteiger partial charge is 0.490 e. The number of nitrogens with one attached hydrogen (secondary N) is 1. The molecule has 2 N–H and O–H groups in total. The molecule has 1 aliphatic rings. The predicted molar refractivity (Wildman–Crippen MR) is 118 cm³/mol. The molecule has 10 heteroatoms. The molecule has 164 valence electrons. The van der Waals surface area contributed by atoms with Crippen LogP contribution in [-0.4, -0.2) is 68.7 Å². The average molecular weight is 464 g/mol. The lowest BCUT2D eigenvalue weighted by molar-refractivity contribution is 0.0593. The Morgan fingerprint density at radius 3 is 2.84 bits per heavy atom. The molecule has 1 atom stereocenters. The molecule has 2 aromatic heterocycles. The highest BCUT2D eigenvalue weighted by Gasteiger charge is 2.23. The molecule has 1 aromatic carbocycles. The number of aliphatic hydroxyl groups excluding tert-OH is 1. The van der Waals surface area contributed by atoms with Crippen LogP contribution in [0.3, 0.4) is 0 Å². The van der Waals surface area contributed by atoms with Crippen LogP contribution in [0.5, 0.6) is 5.75 Å². The van der Waals surface area contributed by atoms with Gasteiger partial charge in [0.05, 0.1) is 16.1 Å². The van der Waals surface area contributed by atoms with Crippen LogP contribution in [0.25, 0.3) is 5.78 Å². The Labute approximate surface area is 189 Å². The van der Waals surface area contributed by atoms with Gasteiger partial charge in [0.25, 0.3) is 5.91 Å². The van der Waals surface area contributed by atoms with Crippen molar-refractivity contribution in [3.8, 4) is 5.75 Å². The Morgan fingerprint density at radius 2 is 2.10 bits per heavy atom. The van der Waals surface area contributed by atoms with Gasteiger partial charge in [-0.15, -0.1) is 0 Å². The zero-order chi connectivity index (χ0) is 21.8. The maximum atomic E-state index is 12.3. The summed E-state index contributed by atoms with van der Waals surface area (Å²) in [5, 5.41) is 14.1. The molecule has 1 unspecified atom stereocenters. The Bertz CT molecular complexity index is 1020. The number of amides is 1. The lowest BCUT2D eigenvalue weighted by Crippen LogP contribution is -2.45. The van der Waals surface area contributed by atoms with Gasteiger partial charge in [-0.25, -0.2) is 9.97 Å². The van der Waals surface area contributed by atoms with Crippen molar-refractivity contribution in [2.75, 3.05) is 26.2 Å². The van der Waals surface area contributed by atoms with E-state index in [1.807, 2.05) is 6.07 Å². The minimum Gasteiger partial charge on any atom is -0.490 e. The number of hydrogen-bond acceptors (Lipinski definition) is 6. The second-order valence-corrected chi connectivity index (χ2v) is 8.33. The number of rotatable bonds is 7. The van der Waals surface area contributed by atoms with E-state index in [0.29, 0.717) is 28.1 Å². The SMILES string of the molecule is O=C(NCC(O)CN1CCC(Oc2ccc(Cl)c(Cl)c2)CC1)c1cn2cccnc2n1. The fraction of sp³-hybridized carbons (Fsp3) is 0.381. The van der Waals surface area contributed by atoms with Crippen molar-refractivity contribution in [2.24, 2.45) is 0 Å². The van der Waals surface area contributed by atoms with Crippen LogP contribution in [-0.2, 0) is 0 Å². The summed E-state index contributed by atoms with van der Waals surface area (Å²) >= 11 is 12.0. The van der Waals surface area contributed by atoms with Crippen molar-refractivity contribution < 1.29 is 14.6 Å². The minimum atomic E-state index is -0.674. The van der Waals surface area contributed by atoms with E-state index >= 15 is 0 Å². The summed E-state index contributed by atoms with van der Waals surface area (Å²) in [6, 6.07) is 7.02. The Balaban J connectivity index is 1.19. The molecule has 8 nitrogen and oxygen atoms in total. The first kappa shape index (κ1) is 21.8. The molecule has 4 rings (SSSR count). The van der Waals surface area contributed by atoms with Crippen LogP contribution >= 0.6 is 23.2 Å². The second kappa shape index (κ2) is 9.82. The number of hydrogen-bond donors (Lipinski definition) is 2. The van der Waals surface area contributed by atoms with Crippen molar-refractivity contribution in [1.82, 2.24) is 24.6 Å². The molecular formula is C21H23Cl2N5O3. The van der Waals surface area contributed by atoms with E-state index < -0.39 is 6.10 Å². The van der Waals surface area contributed by atoms with Crippen molar-refractivity contribution in [3.05, 3.63) is 58.6 Å².